The van der Waals surface area contributed by atoms with Crippen LogP contribution >= 0.6 is 34.8 Å². The third-order valence-corrected chi connectivity index (χ3v) is 4.27. The fourth-order valence-electron chi connectivity index (χ4n) is 2.17. The highest BCUT2D eigenvalue weighted by Crippen LogP contribution is 2.34. The van der Waals surface area contributed by atoms with Crippen LogP contribution in [-0.2, 0) is 6.18 Å². The van der Waals surface area contributed by atoms with Crippen LogP contribution in [0, 0.1) is 0 Å². The van der Waals surface area contributed by atoms with Crippen molar-refractivity contribution in [1.29, 1.82) is 0 Å². The number of benzene rings is 1. The van der Waals surface area contributed by atoms with Crippen LogP contribution in [0.5, 0.6) is 0 Å². The maximum absolute atomic E-state index is 12.7. The lowest BCUT2D eigenvalue weighted by molar-refractivity contribution is -0.137. The quantitative estimate of drug-likeness (QED) is 0.513. The van der Waals surface area contributed by atoms with E-state index >= 15 is 0 Å². The standard InChI is InChI=1S/C17H14Cl3F3N4O2/c1-2-3-24-12-6-9(18)5-11(20)13(12)26-16(29)27-15(28)14-10(19)4-8(7-25-14)17(21,22)23/h4-7,24H,2-3H2,1H3,(H2,26,27,28,29). The maximum Gasteiger partial charge on any atom is 0.417 e. The molecule has 2 rings (SSSR count). The van der Waals surface area contributed by atoms with Crippen LogP contribution < -0.4 is 16.0 Å². The molecule has 0 aliphatic heterocycles. The van der Waals surface area contributed by atoms with Crippen LogP contribution in [-0.4, -0.2) is 23.5 Å². The molecule has 0 spiro atoms. The predicted molar refractivity (Wildman–Crippen MR) is 106 cm³/mol. The van der Waals surface area contributed by atoms with E-state index in [0.717, 1.165) is 6.42 Å². The van der Waals surface area contributed by atoms with E-state index < -0.39 is 34.4 Å². The molecule has 29 heavy (non-hydrogen) atoms. The topological polar surface area (TPSA) is 83.1 Å². The van der Waals surface area contributed by atoms with Gasteiger partial charge in [0, 0.05) is 17.8 Å². The third-order valence-electron chi connectivity index (χ3n) is 3.47. The molecule has 6 nitrogen and oxygen atoms in total. The van der Waals surface area contributed by atoms with Crippen LogP contribution in [0.25, 0.3) is 0 Å². The van der Waals surface area contributed by atoms with Crippen molar-refractivity contribution in [3.8, 4) is 0 Å². The van der Waals surface area contributed by atoms with Gasteiger partial charge in [-0.05, 0) is 24.6 Å². The molecule has 0 atom stereocenters. The smallest absolute Gasteiger partial charge is 0.383 e. The van der Waals surface area contributed by atoms with Crippen LogP contribution in [0.2, 0.25) is 15.1 Å². The lowest BCUT2D eigenvalue weighted by Gasteiger charge is -2.15. The summed E-state index contributed by atoms with van der Waals surface area (Å²) >= 11 is 17.8. The SMILES string of the molecule is CCCNc1cc(Cl)cc(Cl)c1NC(=O)NC(=O)c1ncc(C(F)(F)F)cc1Cl. The Hall–Kier alpha value is -2.23. The van der Waals surface area contributed by atoms with Gasteiger partial charge in [0.05, 0.1) is 27.0 Å². The summed E-state index contributed by atoms with van der Waals surface area (Å²) < 4.78 is 38.0. The van der Waals surface area contributed by atoms with E-state index in [2.05, 4.69) is 15.6 Å². The van der Waals surface area contributed by atoms with Crippen molar-refractivity contribution in [2.24, 2.45) is 0 Å². The van der Waals surface area contributed by atoms with Gasteiger partial charge in [0.15, 0.2) is 0 Å². The number of halogens is 6. The number of nitrogens with one attached hydrogen (secondary N) is 3. The lowest BCUT2D eigenvalue weighted by Crippen LogP contribution is -2.35. The molecule has 3 N–H and O–H groups in total. The molecule has 0 aliphatic carbocycles. The number of hydrogen-bond acceptors (Lipinski definition) is 4. The van der Waals surface area contributed by atoms with Crippen LogP contribution in [0.1, 0.15) is 29.4 Å². The first kappa shape index (κ1) is 23.1. The molecule has 0 bridgehead atoms. The molecule has 0 fully saturated rings. The number of urea groups is 1. The average molecular weight is 470 g/mol. The van der Waals surface area contributed by atoms with Crippen molar-refractivity contribution in [2.75, 3.05) is 17.2 Å². The molecule has 2 aromatic rings. The van der Waals surface area contributed by atoms with Crippen molar-refractivity contribution in [3.63, 3.8) is 0 Å². The second-order valence-electron chi connectivity index (χ2n) is 5.70. The monoisotopic (exact) mass is 468 g/mol. The number of hydrogen-bond donors (Lipinski definition) is 3. The van der Waals surface area contributed by atoms with Gasteiger partial charge in [-0.1, -0.05) is 41.7 Å². The maximum atomic E-state index is 12.7. The average Bonchev–Trinajstić information content (AvgIpc) is 2.61. The van der Waals surface area contributed by atoms with Gasteiger partial charge < -0.3 is 10.6 Å². The summed E-state index contributed by atoms with van der Waals surface area (Å²) in [5.41, 5.74) is -1.07. The molecule has 156 valence electrons. The zero-order valence-corrected chi connectivity index (χ0v) is 17.0. The summed E-state index contributed by atoms with van der Waals surface area (Å²) in [6.07, 6.45) is -3.44. The summed E-state index contributed by atoms with van der Waals surface area (Å²) in [6, 6.07) is 2.49. The summed E-state index contributed by atoms with van der Waals surface area (Å²) in [5, 5.41) is 7.25. The molecular formula is C17H14Cl3F3N4O2. The van der Waals surface area contributed by atoms with Crippen LogP contribution in [0.4, 0.5) is 29.3 Å². The molecule has 1 aromatic heterocycles. The van der Waals surface area contributed by atoms with E-state index in [0.29, 0.717) is 29.5 Å². The number of nitrogens with zero attached hydrogens (tertiary/aromatic N) is 1. The first-order valence-corrected chi connectivity index (χ1v) is 9.24. The van der Waals surface area contributed by atoms with Crippen molar-refractivity contribution in [1.82, 2.24) is 10.3 Å². The molecule has 12 heteroatoms. The zero-order valence-electron chi connectivity index (χ0n) is 14.8. The van der Waals surface area contributed by atoms with Crippen molar-refractivity contribution < 1.29 is 22.8 Å². The van der Waals surface area contributed by atoms with E-state index in [4.69, 9.17) is 34.8 Å². The van der Waals surface area contributed by atoms with E-state index in [-0.39, 0.29) is 10.7 Å². The summed E-state index contributed by atoms with van der Waals surface area (Å²) in [7, 11) is 0. The highest BCUT2D eigenvalue weighted by molar-refractivity contribution is 6.38. The molecular weight excluding hydrogens is 456 g/mol. The Kier molecular flexibility index (Phi) is 7.56. The fraction of sp³-hybridized carbons (Fsp3) is 0.235. The second-order valence-corrected chi connectivity index (χ2v) is 6.95. The number of amides is 3. The number of carbonyl (C=O) groups is 2. The minimum absolute atomic E-state index is 0.115. The van der Waals surface area contributed by atoms with E-state index in [1.54, 1.807) is 0 Å². The normalized spacial score (nSPS) is 11.1. The number of imide groups is 1. The summed E-state index contributed by atoms with van der Waals surface area (Å²) in [5.74, 6) is -1.09. The predicted octanol–water partition coefficient (Wildman–Crippen LogP) is 5.84. The lowest BCUT2D eigenvalue weighted by atomic mass is 10.2. The molecule has 0 aliphatic rings. The van der Waals surface area contributed by atoms with Gasteiger partial charge >= 0.3 is 12.2 Å². The van der Waals surface area contributed by atoms with Crippen LogP contribution in [0.15, 0.2) is 24.4 Å². The Bertz CT molecular complexity index is 939. The van der Waals surface area contributed by atoms with E-state index in [1.165, 1.54) is 12.1 Å². The number of pyridine rings is 1. The number of alkyl halides is 3. The molecule has 1 heterocycles. The molecule has 3 amide bonds. The van der Waals surface area contributed by atoms with Crippen molar-refractivity contribution in [2.45, 2.75) is 19.5 Å². The summed E-state index contributed by atoms with van der Waals surface area (Å²) in [4.78, 5) is 27.7. The summed E-state index contributed by atoms with van der Waals surface area (Å²) in [6.45, 7) is 2.50. The highest BCUT2D eigenvalue weighted by atomic mass is 35.5. The minimum atomic E-state index is -4.67. The first-order chi connectivity index (χ1) is 13.5. The number of aromatic nitrogens is 1. The van der Waals surface area contributed by atoms with Crippen LogP contribution in [0.3, 0.4) is 0 Å². The molecule has 0 unspecified atom stereocenters. The number of anilines is 2. The minimum Gasteiger partial charge on any atom is -0.383 e. The van der Waals surface area contributed by atoms with Gasteiger partial charge in [0.25, 0.3) is 5.91 Å². The molecule has 0 saturated heterocycles. The largest absolute Gasteiger partial charge is 0.417 e. The number of carbonyl (C=O) groups excluding carboxylic acids is 2. The number of rotatable bonds is 5. The van der Waals surface area contributed by atoms with Crippen molar-refractivity contribution in [3.05, 3.63) is 50.7 Å². The Labute approximate surface area is 178 Å². The van der Waals surface area contributed by atoms with Gasteiger partial charge in [-0.25, -0.2) is 9.78 Å². The molecule has 1 aromatic carbocycles. The molecule has 0 radical (unpaired) electrons. The van der Waals surface area contributed by atoms with Gasteiger partial charge in [-0.2, -0.15) is 13.2 Å². The van der Waals surface area contributed by atoms with E-state index in [9.17, 15) is 22.8 Å². The van der Waals surface area contributed by atoms with Crippen molar-refractivity contribution >= 4 is 58.1 Å². The highest BCUT2D eigenvalue weighted by Gasteiger charge is 2.32. The first-order valence-electron chi connectivity index (χ1n) is 8.11. The zero-order chi connectivity index (χ0) is 21.8. The Morgan fingerprint density at radius 1 is 1.10 bits per heavy atom. The van der Waals surface area contributed by atoms with Gasteiger partial charge in [-0.15, -0.1) is 0 Å². The fourth-order valence-corrected chi connectivity index (χ4v) is 2.96. The third kappa shape index (κ3) is 6.12. The Morgan fingerprint density at radius 2 is 1.79 bits per heavy atom. The van der Waals surface area contributed by atoms with E-state index in [1.807, 2.05) is 12.2 Å². The van der Waals surface area contributed by atoms with Gasteiger partial charge in [0.2, 0.25) is 0 Å². The molecule has 0 saturated carbocycles. The van der Waals surface area contributed by atoms with Gasteiger partial charge in [-0.3, -0.25) is 10.1 Å². The Balaban J connectivity index is 2.16. The van der Waals surface area contributed by atoms with Gasteiger partial charge in [0.1, 0.15) is 5.69 Å². The second kappa shape index (κ2) is 9.51. The Morgan fingerprint density at radius 3 is 2.38 bits per heavy atom.